The molecule has 1 aromatic heterocycles. The van der Waals surface area contributed by atoms with Gasteiger partial charge in [0.25, 0.3) is 5.91 Å². The van der Waals surface area contributed by atoms with Crippen LogP contribution in [0.25, 0.3) is 0 Å². The van der Waals surface area contributed by atoms with E-state index in [0.29, 0.717) is 29.6 Å². The Morgan fingerprint density at radius 1 is 1.29 bits per heavy atom. The van der Waals surface area contributed by atoms with Crippen molar-refractivity contribution in [1.82, 2.24) is 14.9 Å². The van der Waals surface area contributed by atoms with Gasteiger partial charge in [0.1, 0.15) is 6.10 Å². The van der Waals surface area contributed by atoms with E-state index >= 15 is 0 Å². The monoisotopic (exact) mass is 347 g/mol. The Morgan fingerprint density at radius 2 is 2.08 bits per heavy atom. The molecule has 1 aromatic carbocycles. The highest BCUT2D eigenvalue weighted by Gasteiger charge is 2.26. The number of likely N-dealkylation sites (tertiary alicyclic amines) is 1. The predicted octanol–water partition coefficient (Wildman–Crippen LogP) is 2.82. The van der Waals surface area contributed by atoms with Crippen molar-refractivity contribution in [3.8, 4) is 11.9 Å². The summed E-state index contributed by atoms with van der Waals surface area (Å²) < 4.78 is 10.9. The van der Waals surface area contributed by atoms with Crippen LogP contribution in [0.5, 0.6) is 11.9 Å². The van der Waals surface area contributed by atoms with E-state index < -0.39 is 0 Å². The number of aromatic nitrogens is 2. The van der Waals surface area contributed by atoms with Gasteiger partial charge in [-0.25, -0.2) is 4.98 Å². The normalized spacial score (nSPS) is 17.4. The average molecular weight is 348 g/mol. The molecule has 2 aromatic rings. The Morgan fingerprint density at radius 3 is 2.83 bits per heavy atom. The molecule has 1 aliphatic rings. The molecule has 1 atom stereocenters. The fraction of sp³-hybridized carbons (Fsp3) is 0.353. The van der Waals surface area contributed by atoms with Crippen LogP contribution in [-0.4, -0.2) is 47.1 Å². The largest absolute Gasteiger partial charge is 0.472 e. The Bertz CT molecular complexity index is 708. The quantitative estimate of drug-likeness (QED) is 0.851. The number of piperidine rings is 1. The molecular weight excluding hydrogens is 330 g/mol. The first-order valence-electron chi connectivity index (χ1n) is 7.74. The molecule has 1 fully saturated rings. The summed E-state index contributed by atoms with van der Waals surface area (Å²) >= 11 is 5.87. The molecule has 1 amide bonds. The Balaban J connectivity index is 1.65. The van der Waals surface area contributed by atoms with Crippen LogP contribution in [0.4, 0.5) is 0 Å². The molecule has 1 unspecified atom stereocenters. The molecular formula is C17H18ClN3O3. The van der Waals surface area contributed by atoms with Crippen molar-refractivity contribution < 1.29 is 14.3 Å². The number of methoxy groups -OCH3 is 1. The molecule has 2 heterocycles. The van der Waals surface area contributed by atoms with Gasteiger partial charge in [-0.05, 0) is 37.1 Å². The van der Waals surface area contributed by atoms with Crippen LogP contribution in [-0.2, 0) is 0 Å². The van der Waals surface area contributed by atoms with E-state index in [2.05, 4.69) is 9.97 Å². The summed E-state index contributed by atoms with van der Waals surface area (Å²) in [6.07, 6.45) is 3.23. The third-order valence-corrected chi connectivity index (χ3v) is 4.09. The van der Waals surface area contributed by atoms with Crippen LogP contribution >= 0.6 is 11.6 Å². The van der Waals surface area contributed by atoms with Crippen molar-refractivity contribution in [2.24, 2.45) is 0 Å². The third-order valence-electron chi connectivity index (χ3n) is 3.83. The molecule has 1 aliphatic heterocycles. The number of nitrogens with zero attached hydrogens (tertiary/aromatic N) is 3. The maximum atomic E-state index is 12.6. The van der Waals surface area contributed by atoms with E-state index in [1.807, 2.05) is 0 Å². The molecule has 0 saturated carbocycles. The summed E-state index contributed by atoms with van der Waals surface area (Å²) in [5, 5.41) is 0.615. The van der Waals surface area contributed by atoms with Crippen LogP contribution in [0, 0.1) is 0 Å². The van der Waals surface area contributed by atoms with E-state index in [4.69, 9.17) is 21.1 Å². The number of amides is 1. The van der Waals surface area contributed by atoms with Crippen LogP contribution < -0.4 is 9.47 Å². The van der Waals surface area contributed by atoms with Crippen LogP contribution in [0.15, 0.2) is 36.5 Å². The molecule has 7 heteroatoms. The van der Waals surface area contributed by atoms with Crippen molar-refractivity contribution in [3.63, 3.8) is 0 Å². The van der Waals surface area contributed by atoms with Gasteiger partial charge >= 0.3 is 6.01 Å². The smallest absolute Gasteiger partial charge is 0.319 e. The number of hydrogen-bond acceptors (Lipinski definition) is 5. The fourth-order valence-electron chi connectivity index (χ4n) is 2.65. The minimum absolute atomic E-state index is 0.0137. The van der Waals surface area contributed by atoms with Gasteiger partial charge in [0.05, 0.1) is 13.7 Å². The van der Waals surface area contributed by atoms with Gasteiger partial charge in [-0.1, -0.05) is 11.6 Å². The van der Waals surface area contributed by atoms with Crippen molar-refractivity contribution >= 4 is 17.5 Å². The zero-order valence-corrected chi connectivity index (χ0v) is 14.1. The zero-order chi connectivity index (χ0) is 16.9. The summed E-state index contributed by atoms with van der Waals surface area (Å²) in [5.74, 6) is 0.438. The Labute approximate surface area is 145 Å². The molecule has 6 nitrogen and oxygen atoms in total. The number of carbonyl (C=O) groups excluding carboxylic acids is 1. The summed E-state index contributed by atoms with van der Waals surface area (Å²) in [6.45, 7) is 1.24. The molecule has 24 heavy (non-hydrogen) atoms. The highest BCUT2D eigenvalue weighted by Crippen LogP contribution is 2.20. The first-order chi connectivity index (χ1) is 11.7. The van der Waals surface area contributed by atoms with Gasteiger partial charge in [-0.2, -0.15) is 4.98 Å². The molecule has 126 valence electrons. The van der Waals surface area contributed by atoms with E-state index in [1.54, 1.807) is 41.4 Å². The Kier molecular flexibility index (Phi) is 5.15. The Hall–Kier alpha value is -2.34. The van der Waals surface area contributed by atoms with Gasteiger partial charge in [0.2, 0.25) is 5.88 Å². The number of ether oxygens (including phenoxy) is 2. The zero-order valence-electron chi connectivity index (χ0n) is 13.3. The van der Waals surface area contributed by atoms with Crippen LogP contribution in [0.1, 0.15) is 23.2 Å². The number of halogens is 1. The topological polar surface area (TPSA) is 64.6 Å². The lowest BCUT2D eigenvalue weighted by Crippen LogP contribution is -2.44. The van der Waals surface area contributed by atoms with Crippen molar-refractivity contribution in [2.75, 3.05) is 20.2 Å². The van der Waals surface area contributed by atoms with Gasteiger partial charge < -0.3 is 14.4 Å². The molecule has 0 N–H and O–H groups in total. The minimum atomic E-state index is -0.102. The number of benzene rings is 1. The molecule has 0 bridgehead atoms. The van der Waals surface area contributed by atoms with Gasteiger partial charge in [-0.15, -0.1) is 0 Å². The molecule has 0 aliphatic carbocycles. The number of carbonyl (C=O) groups is 1. The van der Waals surface area contributed by atoms with E-state index in [9.17, 15) is 4.79 Å². The van der Waals surface area contributed by atoms with E-state index in [1.165, 1.54) is 7.11 Å². The van der Waals surface area contributed by atoms with E-state index in [0.717, 1.165) is 12.8 Å². The maximum absolute atomic E-state index is 12.6. The SMILES string of the molecule is COc1nccc(OC2CCCN(C(=O)c3ccc(Cl)cc3)C2)n1. The highest BCUT2D eigenvalue weighted by molar-refractivity contribution is 6.30. The summed E-state index contributed by atoms with van der Waals surface area (Å²) in [5.41, 5.74) is 0.628. The summed E-state index contributed by atoms with van der Waals surface area (Å²) in [6, 6.07) is 8.87. The van der Waals surface area contributed by atoms with Crippen LogP contribution in [0.2, 0.25) is 5.02 Å². The van der Waals surface area contributed by atoms with Gasteiger partial charge in [0, 0.05) is 29.4 Å². The average Bonchev–Trinajstić information content (AvgIpc) is 2.62. The fourth-order valence-corrected chi connectivity index (χ4v) is 2.78. The standard InChI is InChI=1S/C17H18ClN3O3/c1-23-17-19-9-8-15(20-17)24-14-3-2-10-21(11-14)16(22)12-4-6-13(18)7-5-12/h4-9,14H,2-3,10-11H2,1H3. The van der Waals surface area contributed by atoms with Gasteiger partial charge in [0.15, 0.2) is 0 Å². The molecule has 0 radical (unpaired) electrons. The summed E-state index contributed by atoms with van der Waals surface area (Å²) in [4.78, 5) is 22.5. The van der Waals surface area contributed by atoms with Crippen molar-refractivity contribution in [3.05, 3.63) is 47.1 Å². The second kappa shape index (κ2) is 7.49. The lowest BCUT2D eigenvalue weighted by Gasteiger charge is -2.32. The summed E-state index contributed by atoms with van der Waals surface area (Å²) in [7, 11) is 1.51. The predicted molar refractivity (Wildman–Crippen MR) is 89.6 cm³/mol. The first-order valence-corrected chi connectivity index (χ1v) is 8.12. The van der Waals surface area contributed by atoms with Crippen LogP contribution in [0.3, 0.4) is 0 Å². The molecule has 1 saturated heterocycles. The van der Waals surface area contributed by atoms with Gasteiger partial charge in [-0.3, -0.25) is 4.79 Å². The lowest BCUT2D eigenvalue weighted by molar-refractivity contribution is 0.0525. The van der Waals surface area contributed by atoms with Crippen molar-refractivity contribution in [1.29, 1.82) is 0 Å². The second-order valence-corrected chi connectivity index (χ2v) is 5.96. The highest BCUT2D eigenvalue weighted by atomic mass is 35.5. The number of rotatable bonds is 4. The van der Waals surface area contributed by atoms with E-state index in [-0.39, 0.29) is 18.0 Å². The number of hydrogen-bond donors (Lipinski definition) is 0. The molecule has 3 rings (SSSR count). The third kappa shape index (κ3) is 3.94. The lowest BCUT2D eigenvalue weighted by atomic mass is 10.1. The molecule has 0 spiro atoms. The van der Waals surface area contributed by atoms with Crippen molar-refractivity contribution in [2.45, 2.75) is 18.9 Å². The first kappa shape index (κ1) is 16.5. The maximum Gasteiger partial charge on any atom is 0.319 e. The minimum Gasteiger partial charge on any atom is -0.472 e. The second-order valence-electron chi connectivity index (χ2n) is 5.52.